The summed E-state index contributed by atoms with van der Waals surface area (Å²) in [5.74, 6) is 0.436. The average molecular weight is 356 g/mol. The van der Waals surface area contributed by atoms with Crippen LogP contribution in [-0.4, -0.2) is 37.0 Å². The Balaban J connectivity index is 2.25. The van der Waals surface area contributed by atoms with Crippen LogP contribution in [0.5, 0.6) is 5.75 Å². The molecule has 0 spiro atoms. The lowest BCUT2D eigenvalue weighted by molar-refractivity contribution is -0.140. The zero-order chi connectivity index (χ0) is 17.1. The fourth-order valence-corrected chi connectivity index (χ4v) is 1.91. The molecule has 0 saturated heterocycles. The van der Waals surface area contributed by atoms with E-state index in [0.29, 0.717) is 35.4 Å². The molecule has 0 bridgehead atoms. The molecule has 0 aliphatic rings. The number of hydrogen-bond donors (Lipinski definition) is 4. The normalized spacial score (nSPS) is 9.48. The van der Waals surface area contributed by atoms with E-state index < -0.39 is 0 Å². The van der Waals surface area contributed by atoms with Crippen LogP contribution in [0.25, 0.3) is 0 Å². The van der Waals surface area contributed by atoms with Gasteiger partial charge in [-0.05, 0) is 43.0 Å². The molecular weight excluding hydrogens is 336 g/mol. The molecule has 1 rings (SSSR count). The molecule has 0 saturated carbocycles. The van der Waals surface area contributed by atoms with Crippen molar-refractivity contribution in [2.45, 2.75) is 12.8 Å². The van der Waals surface area contributed by atoms with Crippen LogP contribution in [-0.2, 0) is 9.53 Å². The van der Waals surface area contributed by atoms with E-state index in [1.54, 1.807) is 7.11 Å². The molecule has 0 aromatic heterocycles. The fourth-order valence-electron chi connectivity index (χ4n) is 1.60. The van der Waals surface area contributed by atoms with Crippen molar-refractivity contribution in [2.75, 3.05) is 26.1 Å². The Bertz CT molecular complexity index is 555. The highest BCUT2D eigenvalue weighted by Gasteiger charge is 2.04. The van der Waals surface area contributed by atoms with Gasteiger partial charge in [0.15, 0.2) is 10.2 Å². The van der Waals surface area contributed by atoms with Crippen LogP contribution in [0.1, 0.15) is 12.8 Å². The predicted molar refractivity (Wildman–Crippen MR) is 97.3 cm³/mol. The second-order valence-corrected chi connectivity index (χ2v) is 5.16. The Kier molecular flexibility index (Phi) is 8.70. The third-order valence-corrected chi connectivity index (χ3v) is 3.17. The number of carbonyl (C=O) groups excluding carboxylic acids is 1. The van der Waals surface area contributed by atoms with Gasteiger partial charge in [0.2, 0.25) is 0 Å². The lowest BCUT2D eigenvalue weighted by atomic mass is 10.3. The quantitative estimate of drug-likeness (QED) is 0.261. The number of hydrogen-bond acceptors (Lipinski definition) is 5. The molecule has 0 atom stereocenters. The molecule has 0 aliphatic heterocycles. The first kappa shape index (κ1) is 18.9. The Morgan fingerprint density at radius 2 is 1.83 bits per heavy atom. The summed E-state index contributed by atoms with van der Waals surface area (Å²) in [6.45, 7) is 0.551. The van der Waals surface area contributed by atoms with Crippen molar-refractivity contribution in [3.05, 3.63) is 24.3 Å². The Hall–Kier alpha value is -2.13. The summed E-state index contributed by atoms with van der Waals surface area (Å²) in [6.07, 6.45) is 0.964. The van der Waals surface area contributed by atoms with Crippen molar-refractivity contribution in [3.63, 3.8) is 0 Å². The number of hydrazine groups is 1. The third-order valence-electron chi connectivity index (χ3n) is 2.72. The SMILES string of the molecule is COC(=O)CCCNC(=S)NNC(=S)Nc1ccccc1OC. The van der Waals surface area contributed by atoms with E-state index in [0.717, 1.165) is 5.69 Å². The van der Waals surface area contributed by atoms with E-state index in [-0.39, 0.29) is 5.97 Å². The van der Waals surface area contributed by atoms with Crippen LogP contribution in [0.2, 0.25) is 0 Å². The number of anilines is 1. The van der Waals surface area contributed by atoms with Gasteiger partial charge >= 0.3 is 5.97 Å². The van der Waals surface area contributed by atoms with Crippen molar-refractivity contribution in [1.82, 2.24) is 16.2 Å². The summed E-state index contributed by atoms with van der Waals surface area (Å²) in [7, 11) is 2.95. The first-order valence-electron chi connectivity index (χ1n) is 6.87. The van der Waals surface area contributed by atoms with E-state index in [4.69, 9.17) is 29.2 Å². The summed E-state index contributed by atoms with van der Waals surface area (Å²) >= 11 is 10.2. The molecule has 0 fully saturated rings. The maximum Gasteiger partial charge on any atom is 0.305 e. The largest absolute Gasteiger partial charge is 0.495 e. The minimum absolute atomic E-state index is 0.244. The number of ether oxygens (including phenoxy) is 2. The molecule has 4 N–H and O–H groups in total. The molecular formula is C14H20N4O3S2. The van der Waals surface area contributed by atoms with Crippen molar-refractivity contribution in [3.8, 4) is 5.75 Å². The van der Waals surface area contributed by atoms with Crippen molar-refractivity contribution in [1.29, 1.82) is 0 Å². The van der Waals surface area contributed by atoms with Gasteiger partial charge in [0.25, 0.3) is 0 Å². The molecule has 23 heavy (non-hydrogen) atoms. The second-order valence-electron chi connectivity index (χ2n) is 4.34. The van der Waals surface area contributed by atoms with Crippen LogP contribution in [0.15, 0.2) is 24.3 Å². The van der Waals surface area contributed by atoms with Crippen LogP contribution in [0.3, 0.4) is 0 Å². The number of rotatable bonds is 6. The van der Waals surface area contributed by atoms with Crippen molar-refractivity contribution < 1.29 is 14.3 Å². The van der Waals surface area contributed by atoms with Crippen LogP contribution in [0.4, 0.5) is 5.69 Å². The summed E-state index contributed by atoms with van der Waals surface area (Å²) in [5.41, 5.74) is 6.26. The first-order valence-corrected chi connectivity index (χ1v) is 7.69. The topological polar surface area (TPSA) is 83.7 Å². The number of esters is 1. The highest BCUT2D eigenvalue weighted by atomic mass is 32.1. The molecule has 9 heteroatoms. The van der Waals surface area contributed by atoms with Gasteiger partial charge in [-0.3, -0.25) is 15.6 Å². The van der Waals surface area contributed by atoms with Crippen LogP contribution >= 0.6 is 24.4 Å². The molecule has 7 nitrogen and oxygen atoms in total. The highest BCUT2D eigenvalue weighted by molar-refractivity contribution is 7.80. The minimum Gasteiger partial charge on any atom is -0.495 e. The molecule has 0 heterocycles. The van der Waals surface area contributed by atoms with E-state index in [2.05, 4.69) is 26.2 Å². The number of methoxy groups -OCH3 is 2. The second kappa shape index (κ2) is 10.6. The number of thiocarbonyl (C=S) groups is 2. The molecule has 126 valence electrons. The van der Waals surface area contributed by atoms with Crippen molar-refractivity contribution in [2.24, 2.45) is 0 Å². The van der Waals surface area contributed by atoms with E-state index in [1.165, 1.54) is 7.11 Å². The lowest BCUT2D eigenvalue weighted by Crippen LogP contribution is -2.48. The Morgan fingerprint density at radius 1 is 1.13 bits per heavy atom. The van der Waals surface area contributed by atoms with Gasteiger partial charge in [0, 0.05) is 13.0 Å². The van der Waals surface area contributed by atoms with Gasteiger partial charge in [-0.1, -0.05) is 12.1 Å². The zero-order valence-electron chi connectivity index (χ0n) is 13.0. The van der Waals surface area contributed by atoms with Gasteiger partial charge in [0.05, 0.1) is 19.9 Å². The number of benzene rings is 1. The summed E-state index contributed by atoms with van der Waals surface area (Å²) in [5, 5.41) is 6.65. The Morgan fingerprint density at radius 3 is 2.52 bits per heavy atom. The Labute approximate surface area is 146 Å². The van der Waals surface area contributed by atoms with E-state index in [1.807, 2.05) is 24.3 Å². The number of carbonyl (C=O) groups is 1. The van der Waals surface area contributed by atoms with Gasteiger partial charge in [-0.25, -0.2) is 0 Å². The maximum absolute atomic E-state index is 11.0. The fraction of sp³-hybridized carbons (Fsp3) is 0.357. The van der Waals surface area contributed by atoms with Gasteiger partial charge in [0.1, 0.15) is 5.75 Å². The predicted octanol–water partition coefficient (Wildman–Crippen LogP) is 1.31. The van der Waals surface area contributed by atoms with E-state index >= 15 is 0 Å². The summed E-state index contributed by atoms with van der Waals surface area (Å²) in [4.78, 5) is 11.0. The molecule has 1 aromatic carbocycles. The van der Waals surface area contributed by atoms with Gasteiger partial charge in [-0.15, -0.1) is 0 Å². The smallest absolute Gasteiger partial charge is 0.305 e. The summed E-state index contributed by atoms with van der Waals surface area (Å²) < 4.78 is 9.77. The highest BCUT2D eigenvalue weighted by Crippen LogP contribution is 2.22. The molecule has 1 aromatic rings. The third kappa shape index (κ3) is 7.61. The van der Waals surface area contributed by atoms with Crippen molar-refractivity contribution >= 4 is 46.3 Å². The van der Waals surface area contributed by atoms with Gasteiger partial charge in [-0.2, -0.15) is 0 Å². The molecule has 0 radical (unpaired) electrons. The maximum atomic E-state index is 11.0. The summed E-state index contributed by atoms with van der Waals surface area (Å²) in [6, 6.07) is 7.41. The van der Waals surface area contributed by atoms with E-state index in [9.17, 15) is 4.79 Å². The zero-order valence-corrected chi connectivity index (χ0v) is 14.6. The molecule has 0 aliphatic carbocycles. The first-order chi connectivity index (χ1) is 11.1. The molecule has 0 amide bonds. The average Bonchev–Trinajstić information content (AvgIpc) is 2.57. The van der Waals surface area contributed by atoms with Gasteiger partial charge < -0.3 is 20.1 Å². The van der Waals surface area contributed by atoms with Crippen LogP contribution < -0.4 is 26.2 Å². The number of nitrogens with one attached hydrogen (secondary N) is 4. The molecule has 0 unspecified atom stereocenters. The minimum atomic E-state index is -0.244. The number of para-hydroxylation sites is 2. The van der Waals surface area contributed by atoms with Crippen LogP contribution in [0, 0.1) is 0 Å². The lowest BCUT2D eigenvalue weighted by Gasteiger charge is -2.15. The monoisotopic (exact) mass is 356 g/mol. The standard InChI is InChI=1S/C14H20N4O3S2/c1-20-11-7-4-3-6-10(11)16-14(23)18-17-13(22)15-9-5-8-12(19)21-2/h3-4,6-7H,5,8-9H2,1-2H3,(H2,15,17,22)(H2,16,18,23).